The number of hydrogen-bond donors (Lipinski definition) is 2. The number of benzene rings is 1. The molecule has 1 saturated carbocycles. The Balaban J connectivity index is 2.28. The van der Waals surface area contributed by atoms with Crippen LogP contribution in [-0.2, 0) is 5.41 Å². The molecule has 1 aromatic rings. The Morgan fingerprint density at radius 1 is 1.38 bits per heavy atom. The van der Waals surface area contributed by atoms with Gasteiger partial charge in [0, 0.05) is 23.1 Å². The van der Waals surface area contributed by atoms with E-state index in [9.17, 15) is 9.59 Å². The summed E-state index contributed by atoms with van der Waals surface area (Å²) in [5.41, 5.74) is 7.33. The number of primary amides is 1. The van der Waals surface area contributed by atoms with Crippen molar-refractivity contribution in [2.75, 3.05) is 6.54 Å². The predicted octanol–water partition coefficient (Wildman–Crippen LogP) is 0.560. The second-order valence-electron chi connectivity index (χ2n) is 4.56. The molecule has 0 aromatic heterocycles. The molecule has 3 N–H and O–H groups in total. The van der Waals surface area contributed by atoms with Crippen molar-refractivity contribution in [3.05, 3.63) is 34.9 Å². The van der Waals surface area contributed by atoms with Crippen LogP contribution in [0.3, 0.4) is 0 Å². The van der Waals surface area contributed by atoms with Gasteiger partial charge in [0.25, 0.3) is 5.91 Å². The van der Waals surface area contributed by atoms with Crippen LogP contribution in [0.4, 0.5) is 0 Å². The van der Waals surface area contributed by atoms with Gasteiger partial charge < -0.3 is 11.1 Å². The molecule has 1 heterocycles. The SMILES string of the molecule is NC(=O)c1cccc2c1C1(CC1)CNC2=O. The topological polar surface area (TPSA) is 72.2 Å². The lowest BCUT2D eigenvalue weighted by Crippen LogP contribution is -2.40. The summed E-state index contributed by atoms with van der Waals surface area (Å²) in [4.78, 5) is 23.1. The highest BCUT2D eigenvalue weighted by Crippen LogP contribution is 2.51. The molecule has 4 heteroatoms. The molecule has 2 aliphatic rings. The van der Waals surface area contributed by atoms with Crippen molar-refractivity contribution in [1.29, 1.82) is 0 Å². The standard InChI is InChI=1S/C12H12N2O2/c13-10(15)7-2-1-3-8-9(7)12(4-5-12)6-14-11(8)16/h1-3H,4-6H2,(H2,13,15)(H,14,16). The van der Waals surface area contributed by atoms with Crippen LogP contribution < -0.4 is 11.1 Å². The largest absolute Gasteiger partial charge is 0.366 e. The lowest BCUT2D eigenvalue weighted by molar-refractivity contribution is 0.0937. The molecule has 0 radical (unpaired) electrons. The molecule has 1 fully saturated rings. The molecule has 82 valence electrons. The minimum Gasteiger partial charge on any atom is -0.366 e. The van der Waals surface area contributed by atoms with Crippen molar-refractivity contribution in [2.45, 2.75) is 18.3 Å². The van der Waals surface area contributed by atoms with Crippen molar-refractivity contribution in [3.8, 4) is 0 Å². The fourth-order valence-corrected chi connectivity index (χ4v) is 2.53. The average Bonchev–Trinajstić information content (AvgIpc) is 3.04. The Hall–Kier alpha value is -1.84. The van der Waals surface area contributed by atoms with E-state index in [1.165, 1.54) is 0 Å². The average molecular weight is 216 g/mol. The molecule has 1 aliphatic carbocycles. The summed E-state index contributed by atoms with van der Waals surface area (Å²) in [6, 6.07) is 5.18. The maximum absolute atomic E-state index is 11.7. The lowest BCUT2D eigenvalue weighted by Gasteiger charge is -2.27. The van der Waals surface area contributed by atoms with Crippen molar-refractivity contribution < 1.29 is 9.59 Å². The first-order valence-electron chi connectivity index (χ1n) is 5.36. The van der Waals surface area contributed by atoms with Crippen LogP contribution in [0.15, 0.2) is 18.2 Å². The quantitative estimate of drug-likeness (QED) is 0.720. The number of amides is 2. The number of fused-ring (bicyclic) bond motifs is 2. The fraction of sp³-hybridized carbons (Fsp3) is 0.333. The van der Waals surface area contributed by atoms with E-state index in [0.29, 0.717) is 17.7 Å². The van der Waals surface area contributed by atoms with Gasteiger partial charge in [-0.1, -0.05) is 6.07 Å². The summed E-state index contributed by atoms with van der Waals surface area (Å²) < 4.78 is 0. The smallest absolute Gasteiger partial charge is 0.251 e. The zero-order valence-corrected chi connectivity index (χ0v) is 8.75. The van der Waals surface area contributed by atoms with Crippen LogP contribution in [0, 0.1) is 0 Å². The maximum atomic E-state index is 11.7. The monoisotopic (exact) mass is 216 g/mol. The maximum Gasteiger partial charge on any atom is 0.251 e. The predicted molar refractivity (Wildman–Crippen MR) is 58.2 cm³/mol. The van der Waals surface area contributed by atoms with E-state index in [2.05, 4.69) is 5.32 Å². The third-order valence-electron chi connectivity index (χ3n) is 3.55. The minimum absolute atomic E-state index is 0.0190. The highest BCUT2D eigenvalue weighted by Gasteiger charge is 2.50. The van der Waals surface area contributed by atoms with E-state index in [1.54, 1.807) is 18.2 Å². The van der Waals surface area contributed by atoms with Crippen LogP contribution in [0.25, 0.3) is 0 Å². The van der Waals surface area contributed by atoms with Gasteiger partial charge in [-0.2, -0.15) is 0 Å². The van der Waals surface area contributed by atoms with Gasteiger partial charge in [-0.15, -0.1) is 0 Å². The molecule has 4 nitrogen and oxygen atoms in total. The Morgan fingerprint density at radius 2 is 2.12 bits per heavy atom. The third kappa shape index (κ3) is 1.10. The van der Waals surface area contributed by atoms with Crippen LogP contribution in [0.1, 0.15) is 39.1 Å². The molecule has 3 rings (SSSR count). The van der Waals surface area contributed by atoms with Gasteiger partial charge in [0.2, 0.25) is 5.91 Å². The number of carbonyl (C=O) groups is 2. The van der Waals surface area contributed by atoms with Crippen molar-refractivity contribution in [2.24, 2.45) is 5.73 Å². The molecular formula is C12H12N2O2. The number of rotatable bonds is 1. The molecule has 1 aromatic carbocycles. The first-order valence-corrected chi connectivity index (χ1v) is 5.36. The first-order chi connectivity index (χ1) is 7.64. The highest BCUT2D eigenvalue weighted by molar-refractivity contribution is 6.03. The van der Waals surface area contributed by atoms with E-state index in [0.717, 1.165) is 18.4 Å². The van der Waals surface area contributed by atoms with E-state index >= 15 is 0 Å². The zero-order chi connectivity index (χ0) is 11.3. The summed E-state index contributed by atoms with van der Waals surface area (Å²) in [5.74, 6) is -0.548. The Labute approximate surface area is 92.8 Å². The lowest BCUT2D eigenvalue weighted by atomic mass is 9.84. The normalized spacial score (nSPS) is 20.1. The van der Waals surface area contributed by atoms with Crippen LogP contribution in [0.2, 0.25) is 0 Å². The van der Waals surface area contributed by atoms with Gasteiger partial charge in [-0.25, -0.2) is 0 Å². The molecule has 2 amide bonds. The van der Waals surface area contributed by atoms with Crippen LogP contribution in [0.5, 0.6) is 0 Å². The summed E-state index contributed by atoms with van der Waals surface area (Å²) in [6.45, 7) is 0.628. The van der Waals surface area contributed by atoms with Crippen molar-refractivity contribution in [1.82, 2.24) is 5.32 Å². The van der Waals surface area contributed by atoms with E-state index in [-0.39, 0.29) is 11.3 Å². The second kappa shape index (κ2) is 2.84. The van der Waals surface area contributed by atoms with E-state index in [1.807, 2.05) is 0 Å². The molecule has 0 bridgehead atoms. The Bertz CT molecular complexity index is 489. The van der Waals surface area contributed by atoms with Crippen molar-refractivity contribution in [3.63, 3.8) is 0 Å². The van der Waals surface area contributed by atoms with Crippen LogP contribution >= 0.6 is 0 Å². The third-order valence-corrected chi connectivity index (χ3v) is 3.55. The van der Waals surface area contributed by atoms with Gasteiger partial charge in [-0.3, -0.25) is 9.59 Å². The first kappa shape index (κ1) is 9.39. The Kier molecular flexibility index (Phi) is 1.67. The highest BCUT2D eigenvalue weighted by atomic mass is 16.2. The Morgan fingerprint density at radius 3 is 2.75 bits per heavy atom. The van der Waals surface area contributed by atoms with Crippen molar-refractivity contribution >= 4 is 11.8 Å². The minimum atomic E-state index is -0.446. The molecule has 0 atom stereocenters. The number of hydrogen-bond acceptors (Lipinski definition) is 2. The van der Waals surface area contributed by atoms with Gasteiger partial charge in [0.1, 0.15) is 0 Å². The van der Waals surface area contributed by atoms with Gasteiger partial charge >= 0.3 is 0 Å². The molecule has 0 unspecified atom stereocenters. The van der Waals surface area contributed by atoms with E-state index < -0.39 is 5.91 Å². The summed E-state index contributed by atoms with van der Waals surface area (Å²) in [7, 11) is 0. The van der Waals surface area contributed by atoms with E-state index in [4.69, 9.17) is 5.73 Å². The molecule has 16 heavy (non-hydrogen) atoms. The summed E-state index contributed by atoms with van der Waals surface area (Å²) in [6.07, 6.45) is 2.04. The number of carbonyl (C=O) groups excluding carboxylic acids is 2. The summed E-state index contributed by atoms with van der Waals surface area (Å²) in [5, 5.41) is 2.87. The molecule has 0 saturated heterocycles. The fourth-order valence-electron chi connectivity index (χ4n) is 2.53. The van der Waals surface area contributed by atoms with Gasteiger partial charge in [0.15, 0.2) is 0 Å². The van der Waals surface area contributed by atoms with Gasteiger partial charge in [-0.05, 0) is 30.5 Å². The molecular weight excluding hydrogens is 204 g/mol. The molecule has 1 aliphatic heterocycles. The second-order valence-corrected chi connectivity index (χ2v) is 4.56. The van der Waals surface area contributed by atoms with Gasteiger partial charge in [0.05, 0.1) is 0 Å². The zero-order valence-electron chi connectivity index (χ0n) is 8.75. The summed E-state index contributed by atoms with van der Waals surface area (Å²) >= 11 is 0. The van der Waals surface area contributed by atoms with Crippen LogP contribution in [-0.4, -0.2) is 18.4 Å². The molecule has 1 spiro atoms. The number of nitrogens with two attached hydrogens (primary N) is 1. The number of nitrogens with one attached hydrogen (secondary N) is 1.